The summed E-state index contributed by atoms with van der Waals surface area (Å²) in [4.78, 5) is 0. The number of aryl methyl sites for hydroxylation is 1. The van der Waals surface area contributed by atoms with E-state index in [-0.39, 0.29) is 5.75 Å². The molecule has 0 heterocycles. The van der Waals surface area contributed by atoms with Gasteiger partial charge >= 0.3 is 0 Å². The Morgan fingerprint density at radius 2 is 1.82 bits per heavy atom. The van der Waals surface area contributed by atoms with Gasteiger partial charge < -0.3 is 5.11 Å². The first kappa shape index (κ1) is 14.2. The minimum Gasteiger partial charge on any atom is -0.387 e. The van der Waals surface area contributed by atoms with Crippen LogP contribution in [0.1, 0.15) is 37.5 Å². The van der Waals surface area contributed by atoms with Gasteiger partial charge in [-0.3, -0.25) is 0 Å². The number of aliphatic hydroxyl groups is 1. The Morgan fingerprint density at radius 3 is 2.29 bits per heavy atom. The summed E-state index contributed by atoms with van der Waals surface area (Å²) in [6.07, 6.45) is -0.516. The van der Waals surface area contributed by atoms with Gasteiger partial charge in [-0.05, 0) is 24.5 Å². The van der Waals surface area contributed by atoms with Gasteiger partial charge in [-0.15, -0.1) is 0 Å². The van der Waals surface area contributed by atoms with E-state index in [1.165, 1.54) is 0 Å². The van der Waals surface area contributed by atoms with Crippen LogP contribution in [0.3, 0.4) is 0 Å². The largest absolute Gasteiger partial charge is 0.387 e. The fraction of sp³-hybridized carbons (Fsp3) is 0.538. The maximum absolute atomic E-state index is 11.9. The van der Waals surface area contributed by atoms with E-state index in [1.54, 1.807) is 19.9 Å². The predicted octanol–water partition coefficient (Wildman–Crippen LogP) is 2.24. The van der Waals surface area contributed by atoms with E-state index in [0.717, 1.165) is 5.56 Å². The lowest BCUT2D eigenvalue weighted by Crippen LogP contribution is -2.29. The van der Waals surface area contributed by atoms with E-state index in [1.807, 2.05) is 25.1 Å². The van der Waals surface area contributed by atoms with Crippen LogP contribution in [-0.2, 0) is 9.84 Å². The van der Waals surface area contributed by atoms with E-state index < -0.39 is 21.2 Å². The standard InChI is InChI=1S/C13H20O3S/c1-4-12(17(15,16)5-2)13(14)11-9-7-6-8-10(11)3/h6-9,12-14H,4-5H2,1-3H3/t12-,13-/m0/s1. The molecule has 4 heteroatoms. The molecule has 0 unspecified atom stereocenters. The molecule has 0 aliphatic heterocycles. The highest BCUT2D eigenvalue weighted by Crippen LogP contribution is 2.27. The molecule has 1 N–H and O–H groups in total. The van der Waals surface area contributed by atoms with Gasteiger partial charge in [0.05, 0.1) is 11.4 Å². The summed E-state index contributed by atoms with van der Waals surface area (Å²) in [6.45, 7) is 5.28. The molecule has 17 heavy (non-hydrogen) atoms. The van der Waals surface area contributed by atoms with Gasteiger partial charge in [-0.1, -0.05) is 38.1 Å². The van der Waals surface area contributed by atoms with Crippen molar-refractivity contribution in [2.45, 2.75) is 38.5 Å². The van der Waals surface area contributed by atoms with Crippen LogP contribution in [0.25, 0.3) is 0 Å². The average Bonchev–Trinajstić information content (AvgIpc) is 2.30. The molecule has 1 rings (SSSR count). The Labute approximate surface area is 103 Å². The van der Waals surface area contributed by atoms with Gasteiger partial charge in [-0.2, -0.15) is 0 Å². The van der Waals surface area contributed by atoms with Crippen molar-refractivity contribution in [1.82, 2.24) is 0 Å². The number of aliphatic hydroxyl groups excluding tert-OH is 1. The zero-order valence-electron chi connectivity index (χ0n) is 10.6. The molecule has 96 valence electrons. The molecule has 0 saturated heterocycles. The van der Waals surface area contributed by atoms with Gasteiger partial charge in [0.1, 0.15) is 0 Å². The first-order valence-electron chi connectivity index (χ1n) is 5.89. The van der Waals surface area contributed by atoms with E-state index in [2.05, 4.69) is 0 Å². The van der Waals surface area contributed by atoms with E-state index in [0.29, 0.717) is 12.0 Å². The van der Waals surface area contributed by atoms with Crippen LogP contribution in [0.15, 0.2) is 24.3 Å². The number of benzene rings is 1. The smallest absolute Gasteiger partial charge is 0.155 e. The Hall–Kier alpha value is -0.870. The van der Waals surface area contributed by atoms with Gasteiger partial charge in [0.25, 0.3) is 0 Å². The average molecular weight is 256 g/mol. The molecular weight excluding hydrogens is 236 g/mol. The summed E-state index contributed by atoms with van der Waals surface area (Å²) >= 11 is 0. The quantitative estimate of drug-likeness (QED) is 0.879. The third-order valence-electron chi connectivity index (χ3n) is 3.13. The molecule has 2 atom stereocenters. The molecule has 1 aromatic carbocycles. The molecule has 0 spiro atoms. The SMILES string of the molecule is CC[C@@H]([C@@H](O)c1ccccc1C)S(=O)(=O)CC. The summed E-state index contributed by atoms with van der Waals surface area (Å²) in [5, 5.41) is 9.53. The van der Waals surface area contributed by atoms with Crippen molar-refractivity contribution in [1.29, 1.82) is 0 Å². The molecule has 0 radical (unpaired) electrons. The van der Waals surface area contributed by atoms with Gasteiger partial charge in [0.2, 0.25) is 0 Å². The number of sulfone groups is 1. The first-order valence-corrected chi connectivity index (χ1v) is 7.60. The normalized spacial score (nSPS) is 15.5. The molecule has 0 aliphatic carbocycles. The Balaban J connectivity index is 3.11. The lowest BCUT2D eigenvalue weighted by atomic mass is 10.00. The molecule has 0 aromatic heterocycles. The molecular formula is C13H20O3S. The summed E-state index contributed by atoms with van der Waals surface area (Å²) in [6, 6.07) is 7.36. The Kier molecular flexibility index (Phi) is 4.71. The van der Waals surface area contributed by atoms with E-state index >= 15 is 0 Å². The van der Waals surface area contributed by atoms with Crippen molar-refractivity contribution < 1.29 is 13.5 Å². The maximum Gasteiger partial charge on any atom is 0.155 e. The Morgan fingerprint density at radius 1 is 1.24 bits per heavy atom. The predicted molar refractivity (Wildman–Crippen MR) is 69.7 cm³/mol. The van der Waals surface area contributed by atoms with Crippen molar-refractivity contribution in [3.8, 4) is 0 Å². The van der Waals surface area contributed by atoms with E-state index in [4.69, 9.17) is 0 Å². The number of rotatable bonds is 5. The summed E-state index contributed by atoms with van der Waals surface area (Å²) in [7, 11) is -3.22. The minimum absolute atomic E-state index is 0.0639. The van der Waals surface area contributed by atoms with Crippen LogP contribution in [0.2, 0.25) is 0 Å². The van der Waals surface area contributed by atoms with Crippen LogP contribution in [0.4, 0.5) is 0 Å². The van der Waals surface area contributed by atoms with Crippen LogP contribution < -0.4 is 0 Å². The fourth-order valence-corrected chi connectivity index (χ4v) is 3.48. The molecule has 0 bridgehead atoms. The molecule has 0 fully saturated rings. The van der Waals surface area contributed by atoms with Crippen LogP contribution in [-0.4, -0.2) is 24.5 Å². The van der Waals surface area contributed by atoms with Crippen LogP contribution in [0, 0.1) is 6.92 Å². The summed E-state index contributed by atoms with van der Waals surface area (Å²) < 4.78 is 23.8. The lowest BCUT2D eigenvalue weighted by Gasteiger charge is -2.22. The third kappa shape index (κ3) is 3.07. The second-order valence-corrected chi connectivity index (χ2v) is 6.71. The molecule has 1 aromatic rings. The molecule has 3 nitrogen and oxygen atoms in total. The highest BCUT2D eigenvalue weighted by Gasteiger charge is 2.30. The summed E-state index contributed by atoms with van der Waals surface area (Å²) in [5.74, 6) is 0.0639. The monoisotopic (exact) mass is 256 g/mol. The van der Waals surface area contributed by atoms with Crippen molar-refractivity contribution in [2.75, 3.05) is 5.75 Å². The number of hydrogen-bond donors (Lipinski definition) is 1. The number of hydrogen-bond acceptors (Lipinski definition) is 3. The van der Waals surface area contributed by atoms with Gasteiger partial charge in [0.15, 0.2) is 9.84 Å². The van der Waals surface area contributed by atoms with Crippen molar-refractivity contribution >= 4 is 9.84 Å². The van der Waals surface area contributed by atoms with Gasteiger partial charge in [-0.25, -0.2) is 8.42 Å². The minimum atomic E-state index is -3.22. The second kappa shape index (κ2) is 5.65. The van der Waals surface area contributed by atoms with Crippen LogP contribution >= 0.6 is 0 Å². The first-order chi connectivity index (χ1) is 7.94. The zero-order valence-corrected chi connectivity index (χ0v) is 11.4. The van der Waals surface area contributed by atoms with E-state index in [9.17, 15) is 13.5 Å². The van der Waals surface area contributed by atoms with Crippen molar-refractivity contribution in [3.63, 3.8) is 0 Å². The lowest BCUT2D eigenvalue weighted by molar-refractivity contribution is 0.168. The maximum atomic E-state index is 11.9. The highest BCUT2D eigenvalue weighted by atomic mass is 32.2. The van der Waals surface area contributed by atoms with Crippen molar-refractivity contribution in [2.24, 2.45) is 0 Å². The molecule has 0 aliphatic rings. The fourth-order valence-electron chi connectivity index (χ4n) is 2.01. The molecule has 0 amide bonds. The second-order valence-electron chi connectivity index (χ2n) is 4.20. The highest BCUT2D eigenvalue weighted by molar-refractivity contribution is 7.92. The topological polar surface area (TPSA) is 54.4 Å². The zero-order chi connectivity index (χ0) is 13.1. The van der Waals surface area contributed by atoms with Crippen molar-refractivity contribution in [3.05, 3.63) is 35.4 Å². The Bertz CT molecular complexity index is 465. The molecule has 0 saturated carbocycles. The van der Waals surface area contributed by atoms with Gasteiger partial charge in [0, 0.05) is 5.75 Å². The summed E-state index contributed by atoms with van der Waals surface area (Å²) in [5.41, 5.74) is 1.63. The van der Waals surface area contributed by atoms with Crippen LogP contribution in [0.5, 0.6) is 0 Å². The third-order valence-corrected chi connectivity index (χ3v) is 5.44.